The number of ether oxygens (including phenoxy) is 2. The van der Waals surface area contributed by atoms with Crippen LogP contribution in [-0.4, -0.2) is 36.9 Å². The molecule has 0 aliphatic rings. The lowest BCUT2D eigenvalue weighted by Gasteiger charge is -2.26. The Bertz CT molecular complexity index is 496. The first-order valence-corrected chi connectivity index (χ1v) is 5.89. The van der Waals surface area contributed by atoms with Crippen LogP contribution in [0.4, 0.5) is 10.5 Å². The fraction of sp³-hybridized carbons (Fsp3) is 0.462. The normalized spacial score (nSPS) is 10.8. The molecule has 0 N–H and O–H groups in total. The highest BCUT2D eigenvalue weighted by Crippen LogP contribution is 2.22. The lowest BCUT2D eigenvalue weighted by atomic mass is 10.2. The third-order valence-corrected chi connectivity index (χ3v) is 2.16. The second kappa shape index (κ2) is 6.33. The maximum Gasteiger partial charge on any atom is 0.439 e. The van der Waals surface area contributed by atoms with Crippen molar-refractivity contribution in [3.05, 3.63) is 24.0 Å². The number of hydrogen-bond acceptors (Lipinski definition) is 6. The van der Waals surface area contributed by atoms with Crippen LogP contribution in [0.5, 0.6) is 0 Å². The summed E-state index contributed by atoms with van der Waals surface area (Å²) in [6, 6.07) is 1.46. The number of carbonyl (C=O) groups excluding carboxylic acids is 2. The molecule has 7 nitrogen and oxygen atoms in total. The molecule has 0 unspecified atom stereocenters. The van der Waals surface area contributed by atoms with Crippen molar-refractivity contribution in [1.82, 2.24) is 4.98 Å². The highest BCUT2D eigenvalue weighted by atomic mass is 16.7. The Labute approximate surface area is 117 Å². The Hall–Kier alpha value is -2.15. The first-order chi connectivity index (χ1) is 9.30. The van der Waals surface area contributed by atoms with E-state index in [0.29, 0.717) is 0 Å². The van der Waals surface area contributed by atoms with E-state index in [1.165, 1.54) is 32.7 Å². The second-order valence-corrected chi connectivity index (χ2v) is 4.84. The second-order valence-electron chi connectivity index (χ2n) is 4.84. The van der Waals surface area contributed by atoms with Crippen LogP contribution in [0.15, 0.2) is 18.5 Å². The molecule has 7 heteroatoms. The third kappa shape index (κ3) is 3.92. The van der Waals surface area contributed by atoms with Gasteiger partial charge in [-0.3, -0.25) is 9.82 Å². The predicted octanol–water partition coefficient (Wildman–Crippen LogP) is 2.17. The molecule has 0 aromatic carbocycles. The van der Waals surface area contributed by atoms with Crippen molar-refractivity contribution in [2.75, 3.05) is 19.3 Å². The van der Waals surface area contributed by atoms with Crippen molar-refractivity contribution in [1.29, 1.82) is 0 Å². The van der Waals surface area contributed by atoms with Crippen LogP contribution in [0.25, 0.3) is 0 Å². The maximum absolute atomic E-state index is 12.1. The van der Waals surface area contributed by atoms with Crippen molar-refractivity contribution in [3.8, 4) is 0 Å². The Morgan fingerprint density at radius 1 is 1.25 bits per heavy atom. The highest BCUT2D eigenvalue weighted by Gasteiger charge is 2.27. The summed E-state index contributed by atoms with van der Waals surface area (Å²) in [5, 5.41) is 0.874. The fourth-order valence-electron chi connectivity index (χ4n) is 1.41. The van der Waals surface area contributed by atoms with Crippen molar-refractivity contribution >= 4 is 17.7 Å². The van der Waals surface area contributed by atoms with Gasteiger partial charge in [-0.2, -0.15) is 5.06 Å². The predicted molar refractivity (Wildman–Crippen MR) is 71.3 cm³/mol. The molecule has 0 bridgehead atoms. The summed E-state index contributed by atoms with van der Waals surface area (Å²) in [6.07, 6.45) is 1.98. The van der Waals surface area contributed by atoms with E-state index in [9.17, 15) is 9.59 Å². The van der Waals surface area contributed by atoms with Crippen molar-refractivity contribution < 1.29 is 23.9 Å². The van der Waals surface area contributed by atoms with Gasteiger partial charge in [-0.15, -0.1) is 0 Å². The van der Waals surface area contributed by atoms with E-state index in [4.69, 9.17) is 9.57 Å². The van der Waals surface area contributed by atoms with E-state index in [-0.39, 0.29) is 11.3 Å². The standard InChI is InChI=1S/C13H18N2O5/c1-13(2,3)20-12(17)15(19-5)10-6-7-14-8-9(10)11(16)18-4/h6-8H,1-5H3. The smallest absolute Gasteiger partial charge is 0.439 e. The number of esters is 1. The summed E-state index contributed by atoms with van der Waals surface area (Å²) in [7, 11) is 2.54. The topological polar surface area (TPSA) is 78.0 Å². The Balaban J connectivity index is 3.13. The lowest BCUT2D eigenvalue weighted by molar-refractivity contribution is 0.0326. The highest BCUT2D eigenvalue weighted by molar-refractivity contribution is 5.99. The maximum atomic E-state index is 12.1. The molecule has 1 aromatic heterocycles. The van der Waals surface area contributed by atoms with Gasteiger partial charge in [0.05, 0.1) is 19.9 Å². The van der Waals surface area contributed by atoms with Gasteiger partial charge in [0.15, 0.2) is 0 Å². The van der Waals surface area contributed by atoms with E-state index in [2.05, 4.69) is 9.72 Å². The van der Waals surface area contributed by atoms with E-state index in [0.717, 1.165) is 5.06 Å². The number of rotatable bonds is 3. The summed E-state index contributed by atoms with van der Waals surface area (Å²) < 4.78 is 9.84. The fourth-order valence-corrected chi connectivity index (χ4v) is 1.41. The zero-order valence-corrected chi connectivity index (χ0v) is 12.2. The molecule has 0 aliphatic heterocycles. The number of nitrogens with zero attached hydrogens (tertiary/aromatic N) is 2. The molecule has 1 heterocycles. The molecule has 110 valence electrons. The van der Waals surface area contributed by atoms with E-state index in [1.807, 2.05) is 0 Å². The Morgan fingerprint density at radius 3 is 2.40 bits per heavy atom. The molecule has 1 amide bonds. The van der Waals surface area contributed by atoms with Crippen LogP contribution < -0.4 is 5.06 Å². The Morgan fingerprint density at radius 2 is 1.90 bits per heavy atom. The quantitative estimate of drug-likeness (QED) is 0.624. The average Bonchev–Trinajstić information content (AvgIpc) is 2.37. The number of hydroxylamine groups is 1. The van der Waals surface area contributed by atoms with Gasteiger partial charge < -0.3 is 9.47 Å². The van der Waals surface area contributed by atoms with Gasteiger partial charge in [0.1, 0.15) is 11.2 Å². The minimum Gasteiger partial charge on any atom is -0.465 e. The number of hydrogen-bond donors (Lipinski definition) is 0. The molecule has 1 aromatic rings. The minimum atomic E-state index is -0.739. The van der Waals surface area contributed by atoms with Crippen LogP contribution >= 0.6 is 0 Å². The number of pyridine rings is 1. The minimum absolute atomic E-state index is 0.0997. The molecular weight excluding hydrogens is 264 g/mol. The number of aromatic nitrogens is 1. The van der Waals surface area contributed by atoms with E-state index < -0.39 is 17.7 Å². The van der Waals surface area contributed by atoms with Gasteiger partial charge in [-0.05, 0) is 26.8 Å². The zero-order valence-electron chi connectivity index (χ0n) is 12.2. The summed E-state index contributed by atoms with van der Waals surface area (Å²) in [4.78, 5) is 32.6. The molecule has 0 atom stereocenters. The number of carbonyl (C=O) groups is 2. The summed E-state index contributed by atoms with van der Waals surface area (Å²) in [6.45, 7) is 5.19. The molecule has 0 spiro atoms. The van der Waals surface area contributed by atoms with Gasteiger partial charge in [0.2, 0.25) is 0 Å². The van der Waals surface area contributed by atoms with Crippen molar-refractivity contribution in [2.45, 2.75) is 26.4 Å². The molecule has 1 rings (SSSR count). The average molecular weight is 282 g/mol. The van der Waals surface area contributed by atoms with Crippen LogP contribution in [0, 0.1) is 0 Å². The molecule has 0 radical (unpaired) electrons. The molecule has 0 aliphatic carbocycles. The number of methoxy groups -OCH3 is 1. The van der Waals surface area contributed by atoms with Crippen molar-refractivity contribution in [3.63, 3.8) is 0 Å². The molecular formula is C13H18N2O5. The largest absolute Gasteiger partial charge is 0.465 e. The van der Waals surface area contributed by atoms with Crippen LogP contribution in [0.2, 0.25) is 0 Å². The lowest BCUT2D eigenvalue weighted by Crippen LogP contribution is -2.37. The first-order valence-electron chi connectivity index (χ1n) is 5.89. The van der Waals surface area contributed by atoms with Gasteiger partial charge in [-0.1, -0.05) is 0 Å². The van der Waals surface area contributed by atoms with Crippen LogP contribution in [0.1, 0.15) is 31.1 Å². The monoisotopic (exact) mass is 282 g/mol. The number of anilines is 1. The number of amides is 1. The van der Waals surface area contributed by atoms with Gasteiger partial charge in [0.25, 0.3) is 0 Å². The van der Waals surface area contributed by atoms with Gasteiger partial charge in [-0.25, -0.2) is 9.59 Å². The molecule has 0 saturated carbocycles. The van der Waals surface area contributed by atoms with E-state index >= 15 is 0 Å². The van der Waals surface area contributed by atoms with Crippen LogP contribution in [-0.2, 0) is 14.3 Å². The van der Waals surface area contributed by atoms with E-state index in [1.54, 1.807) is 20.8 Å². The summed E-state index contributed by atoms with van der Waals surface area (Å²) in [5.74, 6) is -0.626. The Kier molecular flexibility index (Phi) is 5.04. The van der Waals surface area contributed by atoms with Crippen molar-refractivity contribution in [2.24, 2.45) is 0 Å². The summed E-state index contributed by atoms with van der Waals surface area (Å²) >= 11 is 0. The SMILES string of the molecule is COC(=O)c1cnccc1N(OC)C(=O)OC(C)(C)C. The summed E-state index contributed by atoms with van der Waals surface area (Å²) in [5.41, 5.74) is -0.391. The van der Waals surface area contributed by atoms with Gasteiger partial charge >= 0.3 is 12.1 Å². The molecule has 20 heavy (non-hydrogen) atoms. The van der Waals surface area contributed by atoms with Gasteiger partial charge in [0, 0.05) is 12.4 Å². The third-order valence-electron chi connectivity index (χ3n) is 2.16. The van der Waals surface area contributed by atoms with Crippen LogP contribution in [0.3, 0.4) is 0 Å². The molecule has 0 fully saturated rings. The first kappa shape index (κ1) is 15.9. The zero-order chi connectivity index (χ0) is 15.3. The molecule has 0 saturated heterocycles.